The molecule has 2 aromatic heterocycles. The number of furan rings is 1. The summed E-state index contributed by atoms with van der Waals surface area (Å²) in [6.07, 6.45) is 3.42. The quantitative estimate of drug-likeness (QED) is 0.434. The van der Waals surface area contributed by atoms with Gasteiger partial charge in [-0.2, -0.15) is 0 Å². The van der Waals surface area contributed by atoms with Gasteiger partial charge in [0.1, 0.15) is 5.76 Å². The van der Waals surface area contributed by atoms with Gasteiger partial charge in [0.2, 0.25) is 5.91 Å². The molecule has 7 heteroatoms. The lowest BCUT2D eigenvalue weighted by Gasteiger charge is -2.16. The minimum Gasteiger partial charge on any atom is -0.469 e. The maximum atomic E-state index is 12.8. The molecule has 1 N–H and O–H groups in total. The normalized spacial score (nSPS) is 12.0. The van der Waals surface area contributed by atoms with Crippen molar-refractivity contribution in [3.8, 4) is 11.4 Å². The molecular formula is C22H26N4O2S. The first-order valence-electron chi connectivity index (χ1n) is 9.45. The van der Waals surface area contributed by atoms with Crippen LogP contribution in [-0.2, 0) is 11.3 Å². The van der Waals surface area contributed by atoms with Crippen LogP contribution in [0.5, 0.6) is 0 Å². The van der Waals surface area contributed by atoms with Crippen molar-refractivity contribution in [3.05, 3.63) is 59.6 Å². The molecule has 0 bridgehead atoms. The van der Waals surface area contributed by atoms with Gasteiger partial charge in [-0.15, -0.1) is 16.8 Å². The number of nitrogens with one attached hydrogen (secondary N) is 1. The highest BCUT2D eigenvalue weighted by atomic mass is 32.2. The lowest BCUT2D eigenvalue weighted by atomic mass is 10.1. The molecule has 3 rings (SSSR count). The molecule has 2 heterocycles. The van der Waals surface area contributed by atoms with E-state index < -0.39 is 0 Å². The number of carbonyl (C=O) groups excluding carboxylic acids is 1. The van der Waals surface area contributed by atoms with Gasteiger partial charge in [0.25, 0.3) is 0 Å². The SMILES string of the molecule is C=CCn1c(SC(C)C(=O)Nc2c(C)cc(C)cc2C)nnc1-c1ccoc1C. The molecule has 0 aliphatic carbocycles. The maximum absolute atomic E-state index is 12.8. The number of rotatable bonds is 7. The van der Waals surface area contributed by atoms with Gasteiger partial charge in [-0.1, -0.05) is 35.5 Å². The highest BCUT2D eigenvalue weighted by Crippen LogP contribution is 2.30. The average Bonchev–Trinajstić information content (AvgIpc) is 3.24. The number of thioether (sulfide) groups is 1. The molecule has 1 amide bonds. The predicted octanol–water partition coefficient (Wildman–Crippen LogP) is 5.08. The van der Waals surface area contributed by atoms with Gasteiger partial charge < -0.3 is 9.73 Å². The maximum Gasteiger partial charge on any atom is 0.237 e. The smallest absolute Gasteiger partial charge is 0.237 e. The van der Waals surface area contributed by atoms with Crippen LogP contribution in [0.2, 0.25) is 0 Å². The molecule has 1 unspecified atom stereocenters. The van der Waals surface area contributed by atoms with Crippen LogP contribution in [-0.4, -0.2) is 25.9 Å². The summed E-state index contributed by atoms with van der Waals surface area (Å²) < 4.78 is 7.35. The second-order valence-corrected chi connectivity index (χ2v) is 8.43. The van der Waals surface area contributed by atoms with Gasteiger partial charge in [-0.05, 0) is 51.8 Å². The van der Waals surface area contributed by atoms with Crippen LogP contribution in [0.3, 0.4) is 0 Å². The molecule has 0 aliphatic heterocycles. The topological polar surface area (TPSA) is 73.0 Å². The third kappa shape index (κ3) is 4.45. The number of carbonyl (C=O) groups is 1. The molecule has 0 saturated heterocycles. The number of hydrogen-bond acceptors (Lipinski definition) is 5. The van der Waals surface area contributed by atoms with Crippen molar-refractivity contribution in [3.63, 3.8) is 0 Å². The third-order valence-corrected chi connectivity index (χ3v) is 5.79. The third-order valence-electron chi connectivity index (χ3n) is 4.70. The zero-order valence-corrected chi connectivity index (χ0v) is 18.3. The van der Waals surface area contributed by atoms with E-state index in [-0.39, 0.29) is 11.2 Å². The second-order valence-electron chi connectivity index (χ2n) is 7.12. The lowest BCUT2D eigenvalue weighted by molar-refractivity contribution is -0.115. The summed E-state index contributed by atoms with van der Waals surface area (Å²) in [7, 11) is 0. The molecule has 1 atom stereocenters. The van der Waals surface area contributed by atoms with Crippen LogP contribution in [0, 0.1) is 27.7 Å². The van der Waals surface area contributed by atoms with Gasteiger partial charge in [0.05, 0.1) is 17.1 Å². The van der Waals surface area contributed by atoms with Gasteiger partial charge >= 0.3 is 0 Å². The Hall–Kier alpha value is -2.80. The number of aryl methyl sites for hydroxylation is 4. The summed E-state index contributed by atoms with van der Waals surface area (Å²) in [5.74, 6) is 1.41. The molecule has 1 aromatic carbocycles. The van der Waals surface area contributed by atoms with Crippen molar-refractivity contribution in [2.75, 3.05) is 5.32 Å². The van der Waals surface area contributed by atoms with E-state index in [0.29, 0.717) is 17.5 Å². The molecule has 0 aliphatic rings. The van der Waals surface area contributed by atoms with Gasteiger partial charge in [0.15, 0.2) is 11.0 Å². The Morgan fingerprint density at radius 1 is 1.28 bits per heavy atom. The van der Waals surface area contributed by atoms with E-state index >= 15 is 0 Å². The van der Waals surface area contributed by atoms with Crippen molar-refractivity contribution < 1.29 is 9.21 Å². The minimum absolute atomic E-state index is 0.0701. The van der Waals surface area contributed by atoms with Gasteiger partial charge in [-0.25, -0.2) is 0 Å². The summed E-state index contributed by atoms with van der Waals surface area (Å²) in [6.45, 7) is 14.2. The molecule has 29 heavy (non-hydrogen) atoms. The van der Waals surface area contributed by atoms with Crippen LogP contribution in [0.1, 0.15) is 29.4 Å². The highest BCUT2D eigenvalue weighted by molar-refractivity contribution is 8.00. The van der Waals surface area contributed by atoms with E-state index in [2.05, 4.69) is 41.1 Å². The number of benzene rings is 1. The predicted molar refractivity (Wildman–Crippen MR) is 117 cm³/mol. The fraction of sp³-hybridized carbons (Fsp3) is 0.318. The van der Waals surface area contributed by atoms with E-state index in [1.54, 1.807) is 12.3 Å². The Kier molecular flexibility index (Phi) is 6.27. The van der Waals surface area contributed by atoms with E-state index in [4.69, 9.17) is 4.42 Å². The molecule has 0 radical (unpaired) electrons. The molecular weight excluding hydrogens is 384 g/mol. The first kappa shape index (κ1) is 20.9. The second kappa shape index (κ2) is 8.69. The summed E-state index contributed by atoms with van der Waals surface area (Å²) in [5.41, 5.74) is 5.05. The molecule has 0 saturated carbocycles. The first-order chi connectivity index (χ1) is 13.8. The summed E-state index contributed by atoms with van der Waals surface area (Å²) in [4.78, 5) is 12.8. The number of anilines is 1. The summed E-state index contributed by atoms with van der Waals surface area (Å²) in [5, 5.41) is 12.0. The minimum atomic E-state index is -0.346. The van der Waals surface area contributed by atoms with E-state index in [1.807, 2.05) is 38.3 Å². The molecule has 152 valence electrons. The number of amides is 1. The Balaban J connectivity index is 1.81. The standard InChI is InChI=1S/C22H26N4O2S/c1-7-9-26-20(18-8-10-28-16(18)5)24-25-22(26)29-17(6)21(27)23-19-14(3)11-13(2)12-15(19)4/h7-8,10-12,17H,1,9H2,2-6H3,(H,23,27). The van der Waals surface area contributed by atoms with Crippen molar-refractivity contribution in [2.24, 2.45) is 0 Å². The van der Waals surface area contributed by atoms with Crippen LogP contribution in [0.25, 0.3) is 11.4 Å². The number of allylic oxidation sites excluding steroid dienone is 1. The number of aromatic nitrogens is 3. The Bertz CT molecular complexity index is 1030. The van der Waals surface area contributed by atoms with Crippen molar-refractivity contribution in [1.29, 1.82) is 0 Å². The van der Waals surface area contributed by atoms with Crippen molar-refractivity contribution in [1.82, 2.24) is 14.8 Å². The lowest BCUT2D eigenvalue weighted by Crippen LogP contribution is -2.24. The Morgan fingerprint density at radius 2 is 1.97 bits per heavy atom. The molecule has 6 nitrogen and oxygen atoms in total. The zero-order valence-electron chi connectivity index (χ0n) is 17.4. The van der Waals surface area contributed by atoms with E-state index in [0.717, 1.165) is 28.1 Å². The fourth-order valence-corrected chi connectivity index (χ4v) is 4.16. The monoisotopic (exact) mass is 410 g/mol. The van der Waals surface area contributed by atoms with Crippen molar-refractivity contribution >= 4 is 23.4 Å². The Labute approximate surface area is 175 Å². The Morgan fingerprint density at radius 3 is 2.55 bits per heavy atom. The van der Waals surface area contributed by atoms with Crippen molar-refractivity contribution in [2.45, 2.75) is 51.6 Å². The van der Waals surface area contributed by atoms with E-state index in [9.17, 15) is 4.79 Å². The van der Waals surface area contributed by atoms with Crippen LogP contribution >= 0.6 is 11.8 Å². The average molecular weight is 411 g/mol. The van der Waals surface area contributed by atoms with Crippen LogP contribution < -0.4 is 5.32 Å². The number of nitrogens with zero attached hydrogens (tertiary/aromatic N) is 3. The zero-order chi connectivity index (χ0) is 21.1. The van der Waals surface area contributed by atoms with Gasteiger partial charge in [-0.3, -0.25) is 9.36 Å². The highest BCUT2D eigenvalue weighted by Gasteiger charge is 2.22. The summed E-state index contributed by atoms with van der Waals surface area (Å²) >= 11 is 1.38. The largest absolute Gasteiger partial charge is 0.469 e. The molecule has 0 spiro atoms. The van der Waals surface area contributed by atoms with E-state index in [1.165, 1.54) is 17.3 Å². The molecule has 0 fully saturated rings. The molecule has 3 aromatic rings. The van der Waals surface area contributed by atoms with Crippen LogP contribution in [0.4, 0.5) is 5.69 Å². The van der Waals surface area contributed by atoms with Gasteiger partial charge in [0, 0.05) is 12.2 Å². The van der Waals surface area contributed by atoms with Crippen LogP contribution in [0.15, 0.2) is 46.7 Å². The fourth-order valence-electron chi connectivity index (χ4n) is 3.30. The number of hydrogen-bond donors (Lipinski definition) is 1. The first-order valence-corrected chi connectivity index (χ1v) is 10.3. The summed E-state index contributed by atoms with van der Waals surface area (Å²) in [6, 6.07) is 6.01.